The van der Waals surface area contributed by atoms with E-state index in [1.54, 1.807) is 6.92 Å². The number of nitrogens with zero attached hydrogens (tertiary/aromatic N) is 3. The average Bonchev–Trinajstić information content (AvgIpc) is 2.82. The summed E-state index contributed by atoms with van der Waals surface area (Å²) in [6.07, 6.45) is 0.674. The first-order valence-electron chi connectivity index (χ1n) is 6.35. The van der Waals surface area contributed by atoms with Gasteiger partial charge >= 0.3 is 0 Å². The highest BCUT2D eigenvalue weighted by molar-refractivity contribution is 5.19. The molecule has 0 aliphatic heterocycles. The average molecular weight is 261 g/mol. The van der Waals surface area contributed by atoms with Crippen molar-refractivity contribution in [3.05, 3.63) is 47.7 Å². The molecule has 1 heterocycles. The van der Waals surface area contributed by atoms with E-state index in [2.05, 4.69) is 27.2 Å². The molecule has 0 amide bonds. The zero-order valence-electron chi connectivity index (χ0n) is 11.3. The van der Waals surface area contributed by atoms with Crippen LogP contribution < -0.4 is 0 Å². The smallest absolute Gasteiger partial charge is 0.230 e. The molecule has 0 fully saturated rings. The first-order valence-corrected chi connectivity index (χ1v) is 6.35. The fraction of sp³-hybridized carbons (Fsp3) is 0.429. The van der Waals surface area contributed by atoms with Crippen LogP contribution in [-0.2, 0) is 6.54 Å². The zero-order chi connectivity index (χ0) is 13.7. The minimum absolute atomic E-state index is 0.137. The molecule has 19 heavy (non-hydrogen) atoms. The van der Waals surface area contributed by atoms with Gasteiger partial charge in [-0.15, -0.1) is 10.2 Å². The Morgan fingerprint density at radius 2 is 2.00 bits per heavy atom. The van der Waals surface area contributed by atoms with E-state index in [4.69, 9.17) is 4.42 Å². The van der Waals surface area contributed by atoms with E-state index in [-0.39, 0.29) is 12.6 Å². The maximum absolute atomic E-state index is 9.24. The summed E-state index contributed by atoms with van der Waals surface area (Å²) < 4.78 is 5.39. The van der Waals surface area contributed by atoms with Crippen LogP contribution in [0, 0.1) is 6.92 Å². The van der Waals surface area contributed by atoms with E-state index in [9.17, 15) is 5.11 Å². The second-order valence-electron chi connectivity index (χ2n) is 4.57. The monoisotopic (exact) mass is 261 g/mol. The predicted molar refractivity (Wildman–Crippen MR) is 71.4 cm³/mol. The summed E-state index contributed by atoms with van der Waals surface area (Å²) in [7, 11) is 1.99. The van der Waals surface area contributed by atoms with Gasteiger partial charge in [-0.2, -0.15) is 0 Å². The van der Waals surface area contributed by atoms with Crippen LogP contribution in [0.4, 0.5) is 0 Å². The molecule has 0 spiro atoms. The zero-order valence-corrected chi connectivity index (χ0v) is 11.3. The van der Waals surface area contributed by atoms with Crippen LogP contribution in [0.25, 0.3) is 0 Å². The molecule has 0 bridgehead atoms. The molecule has 0 saturated heterocycles. The lowest BCUT2D eigenvalue weighted by atomic mass is 10.0. The second-order valence-corrected chi connectivity index (χ2v) is 4.57. The van der Waals surface area contributed by atoms with Gasteiger partial charge in [0, 0.05) is 19.6 Å². The van der Waals surface area contributed by atoms with Crippen LogP contribution in [0.15, 0.2) is 34.7 Å². The third-order valence-corrected chi connectivity index (χ3v) is 3.07. The lowest BCUT2D eigenvalue weighted by Gasteiger charge is -2.26. The summed E-state index contributed by atoms with van der Waals surface area (Å²) in [6, 6.07) is 10.3. The van der Waals surface area contributed by atoms with Gasteiger partial charge in [0.1, 0.15) is 0 Å². The Balaban J connectivity index is 2.10. The summed E-state index contributed by atoms with van der Waals surface area (Å²) in [6.45, 7) is 2.49. The summed E-state index contributed by atoms with van der Waals surface area (Å²) in [5.74, 6) is 1.17. The van der Waals surface area contributed by atoms with Crippen molar-refractivity contribution >= 4 is 0 Å². The standard InChI is InChI=1S/C14H19N3O2/c1-11-15-16-14(19-11)10-17(2)13(8-9-18)12-6-4-3-5-7-12/h3-7,13,18H,8-10H2,1-2H3/t13-/m0/s1. The minimum atomic E-state index is 0.137. The van der Waals surface area contributed by atoms with Gasteiger partial charge in [-0.1, -0.05) is 30.3 Å². The molecule has 1 aromatic carbocycles. The van der Waals surface area contributed by atoms with E-state index < -0.39 is 0 Å². The topological polar surface area (TPSA) is 62.4 Å². The van der Waals surface area contributed by atoms with Crippen LogP contribution in [-0.4, -0.2) is 33.9 Å². The molecule has 0 aliphatic rings. The van der Waals surface area contributed by atoms with Crippen molar-refractivity contribution in [2.45, 2.75) is 25.9 Å². The summed E-state index contributed by atoms with van der Waals surface area (Å²) in [5, 5.41) is 17.1. The number of aliphatic hydroxyl groups is 1. The molecule has 102 valence electrons. The van der Waals surface area contributed by atoms with E-state index in [0.29, 0.717) is 24.7 Å². The normalized spacial score (nSPS) is 12.8. The molecule has 0 radical (unpaired) electrons. The number of hydrogen-bond donors (Lipinski definition) is 1. The second kappa shape index (κ2) is 6.45. The molecule has 0 unspecified atom stereocenters. The highest BCUT2D eigenvalue weighted by Crippen LogP contribution is 2.23. The molecule has 5 nitrogen and oxygen atoms in total. The van der Waals surface area contributed by atoms with Gasteiger partial charge in [0.2, 0.25) is 11.8 Å². The largest absolute Gasteiger partial charge is 0.424 e. The maximum atomic E-state index is 9.24. The summed E-state index contributed by atoms with van der Waals surface area (Å²) >= 11 is 0. The number of benzene rings is 1. The van der Waals surface area contributed by atoms with Crippen molar-refractivity contribution in [3.8, 4) is 0 Å². The molecule has 2 aromatic rings. The van der Waals surface area contributed by atoms with Gasteiger partial charge < -0.3 is 9.52 Å². The maximum Gasteiger partial charge on any atom is 0.230 e. The Morgan fingerprint density at radius 1 is 1.26 bits per heavy atom. The van der Waals surface area contributed by atoms with Gasteiger partial charge in [-0.25, -0.2) is 0 Å². The van der Waals surface area contributed by atoms with Crippen LogP contribution in [0.1, 0.15) is 29.8 Å². The lowest BCUT2D eigenvalue weighted by Crippen LogP contribution is -2.25. The summed E-state index contributed by atoms with van der Waals surface area (Å²) in [5.41, 5.74) is 1.18. The third kappa shape index (κ3) is 3.62. The van der Waals surface area contributed by atoms with Crippen LogP contribution in [0.3, 0.4) is 0 Å². The van der Waals surface area contributed by atoms with Gasteiger partial charge in [0.25, 0.3) is 0 Å². The minimum Gasteiger partial charge on any atom is -0.424 e. The fourth-order valence-corrected chi connectivity index (χ4v) is 2.16. The van der Waals surface area contributed by atoms with Crippen molar-refractivity contribution in [3.63, 3.8) is 0 Å². The van der Waals surface area contributed by atoms with E-state index in [0.717, 1.165) is 0 Å². The first kappa shape index (κ1) is 13.7. The molecular weight excluding hydrogens is 242 g/mol. The molecule has 1 N–H and O–H groups in total. The molecule has 5 heteroatoms. The van der Waals surface area contributed by atoms with E-state index in [1.807, 2.05) is 25.2 Å². The fourth-order valence-electron chi connectivity index (χ4n) is 2.16. The van der Waals surface area contributed by atoms with Gasteiger partial charge in [0.05, 0.1) is 6.54 Å². The third-order valence-electron chi connectivity index (χ3n) is 3.07. The van der Waals surface area contributed by atoms with Gasteiger partial charge in [-0.05, 0) is 19.0 Å². The van der Waals surface area contributed by atoms with Crippen LogP contribution in [0.2, 0.25) is 0 Å². The van der Waals surface area contributed by atoms with Crippen molar-refractivity contribution in [1.82, 2.24) is 15.1 Å². The van der Waals surface area contributed by atoms with Crippen molar-refractivity contribution < 1.29 is 9.52 Å². The Morgan fingerprint density at radius 3 is 2.58 bits per heavy atom. The number of aryl methyl sites for hydroxylation is 1. The highest BCUT2D eigenvalue weighted by atomic mass is 16.4. The number of aliphatic hydroxyl groups excluding tert-OH is 1. The van der Waals surface area contributed by atoms with Gasteiger partial charge in [-0.3, -0.25) is 4.90 Å². The van der Waals surface area contributed by atoms with E-state index in [1.165, 1.54) is 5.56 Å². The molecule has 0 aliphatic carbocycles. The Kier molecular flexibility index (Phi) is 4.65. The van der Waals surface area contributed by atoms with Crippen LogP contribution in [0.5, 0.6) is 0 Å². The molecule has 1 aromatic heterocycles. The SMILES string of the molecule is Cc1nnc(CN(C)[C@@H](CCO)c2ccccc2)o1. The first-order chi connectivity index (χ1) is 9.20. The quantitative estimate of drug-likeness (QED) is 0.861. The molecule has 2 rings (SSSR count). The van der Waals surface area contributed by atoms with Crippen molar-refractivity contribution in [2.24, 2.45) is 0 Å². The van der Waals surface area contributed by atoms with Crippen molar-refractivity contribution in [1.29, 1.82) is 0 Å². The number of hydrogen-bond acceptors (Lipinski definition) is 5. The Hall–Kier alpha value is -1.72. The summed E-state index contributed by atoms with van der Waals surface area (Å²) in [4.78, 5) is 2.11. The highest BCUT2D eigenvalue weighted by Gasteiger charge is 2.18. The molecule has 1 atom stereocenters. The van der Waals surface area contributed by atoms with Crippen LogP contribution >= 0.6 is 0 Å². The van der Waals surface area contributed by atoms with Gasteiger partial charge in [0.15, 0.2) is 0 Å². The predicted octanol–water partition coefficient (Wildman–Crippen LogP) is 1.93. The lowest BCUT2D eigenvalue weighted by molar-refractivity contribution is 0.168. The number of aromatic nitrogens is 2. The molecular formula is C14H19N3O2. The van der Waals surface area contributed by atoms with E-state index >= 15 is 0 Å². The molecule has 0 saturated carbocycles. The Bertz CT molecular complexity index is 498. The van der Waals surface area contributed by atoms with Crippen molar-refractivity contribution in [2.75, 3.05) is 13.7 Å². The number of rotatable bonds is 6. The Labute approximate surface area is 112 Å².